The van der Waals surface area contributed by atoms with Crippen LogP contribution in [0.25, 0.3) is 5.57 Å². The molecule has 1 unspecified atom stereocenters. The lowest BCUT2D eigenvalue weighted by Gasteiger charge is -2.33. The van der Waals surface area contributed by atoms with Crippen LogP contribution in [0.15, 0.2) is 48.2 Å². The monoisotopic (exact) mass is 424 g/mol. The van der Waals surface area contributed by atoms with Crippen LogP contribution in [0.1, 0.15) is 37.0 Å². The van der Waals surface area contributed by atoms with Crippen molar-refractivity contribution in [2.45, 2.75) is 44.3 Å². The van der Waals surface area contributed by atoms with E-state index in [-0.39, 0.29) is 23.3 Å². The molecule has 2 aliphatic heterocycles. The van der Waals surface area contributed by atoms with Gasteiger partial charge in [0.2, 0.25) is 11.4 Å². The second-order valence-electron chi connectivity index (χ2n) is 8.46. The van der Waals surface area contributed by atoms with Gasteiger partial charge in [0.1, 0.15) is 17.1 Å². The molecule has 2 N–H and O–H groups in total. The van der Waals surface area contributed by atoms with Gasteiger partial charge in [0.25, 0.3) is 0 Å². The molecule has 0 aromatic heterocycles. The zero-order chi connectivity index (χ0) is 22.4. The first kappa shape index (κ1) is 20.8. The van der Waals surface area contributed by atoms with Crippen LogP contribution in [0.5, 0.6) is 11.5 Å². The molecule has 2 aliphatic rings. The topological polar surface area (TPSA) is 102 Å². The normalized spacial score (nSPS) is 21.8. The zero-order valence-electron chi connectivity index (χ0n) is 17.6. The third kappa shape index (κ3) is 3.60. The van der Waals surface area contributed by atoms with Crippen molar-refractivity contribution in [3.05, 3.63) is 64.9 Å². The van der Waals surface area contributed by atoms with Crippen molar-refractivity contribution in [3.63, 3.8) is 0 Å². The number of fused-ring (bicyclic) bond motifs is 1. The molecule has 0 saturated heterocycles. The maximum Gasteiger partial charge on any atom is 0.375 e. The smallest absolute Gasteiger partial charge is 0.375 e. The van der Waals surface area contributed by atoms with E-state index in [1.807, 2.05) is 32.0 Å². The first-order valence-corrected chi connectivity index (χ1v) is 10.0. The molecule has 4 rings (SSSR count). The largest absolute Gasteiger partial charge is 0.508 e. The summed E-state index contributed by atoms with van der Waals surface area (Å²) in [6.45, 7) is 4.07. The molecule has 2 aromatic carbocycles. The molecule has 7 nitrogen and oxygen atoms in total. The van der Waals surface area contributed by atoms with Gasteiger partial charge in [-0.3, -0.25) is 0 Å². The van der Waals surface area contributed by atoms with E-state index in [9.17, 15) is 19.8 Å². The molecule has 7 heteroatoms. The third-order valence-corrected chi connectivity index (χ3v) is 5.73. The number of aryl methyl sites for hydroxylation is 1. The van der Waals surface area contributed by atoms with Crippen molar-refractivity contribution in [1.29, 1.82) is 0 Å². The average Bonchev–Trinajstić information content (AvgIpc) is 2.98. The molecule has 0 bridgehead atoms. The van der Waals surface area contributed by atoms with Gasteiger partial charge in [-0.05, 0) is 61.6 Å². The summed E-state index contributed by atoms with van der Waals surface area (Å²) < 4.78 is 16.5. The van der Waals surface area contributed by atoms with E-state index in [1.165, 1.54) is 31.4 Å². The highest BCUT2D eigenvalue weighted by molar-refractivity contribution is 6.11. The first-order valence-electron chi connectivity index (χ1n) is 10.0. The van der Waals surface area contributed by atoms with Crippen molar-refractivity contribution in [2.24, 2.45) is 0 Å². The Morgan fingerprint density at radius 2 is 1.81 bits per heavy atom. The fourth-order valence-electron chi connectivity index (χ4n) is 4.16. The number of aromatic hydroxyl groups is 1. The Bertz CT molecular complexity index is 1080. The van der Waals surface area contributed by atoms with Crippen LogP contribution in [0, 0.1) is 0 Å². The summed E-state index contributed by atoms with van der Waals surface area (Å²) in [7, 11) is 1.20. The van der Waals surface area contributed by atoms with Crippen LogP contribution in [-0.2, 0) is 31.9 Å². The van der Waals surface area contributed by atoms with E-state index in [1.54, 1.807) is 0 Å². The molecule has 162 valence electrons. The summed E-state index contributed by atoms with van der Waals surface area (Å²) in [5, 5.41) is 20.1. The van der Waals surface area contributed by atoms with Gasteiger partial charge < -0.3 is 24.4 Å². The summed E-state index contributed by atoms with van der Waals surface area (Å²) in [5.41, 5.74) is 0.0139. The maximum atomic E-state index is 12.9. The number of carbonyl (C=O) groups is 2. The van der Waals surface area contributed by atoms with Gasteiger partial charge in [-0.2, -0.15) is 0 Å². The van der Waals surface area contributed by atoms with Crippen LogP contribution in [-0.4, -0.2) is 40.5 Å². The van der Waals surface area contributed by atoms with Gasteiger partial charge in [-0.15, -0.1) is 0 Å². The highest BCUT2D eigenvalue weighted by Gasteiger charge is 2.55. The molecule has 2 aromatic rings. The van der Waals surface area contributed by atoms with Crippen molar-refractivity contribution in [1.82, 2.24) is 0 Å². The number of aliphatic hydroxyl groups excluding tert-OH is 1. The van der Waals surface area contributed by atoms with Crippen LogP contribution < -0.4 is 4.74 Å². The van der Waals surface area contributed by atoms with E-state index in [4.69, 9.17) is 14.2 Å². The number of hydrogen-bond acceptors (Lipinski definition) is 7. The van der Waals surface area contributed by atoms with E-state index in [0.29, 0.717) is 5.56 Å². The molecular formula is C24H24O7. The van der Waals surface area contributed by atoms with Gasteiger partial charge in [0.05, 0.1) is 12.7 Å². The lowest BCUT2D eigenvalue weighted by Crippen LogP contribution is -2.44. The number of ether oxygens (including phenoxy) is 3. The SMILES string of the molecule is COC(=O)C1(Cc2ccc3c(c2)CCC(C)(C)O3)OC(=O)C(O)=C1c1ccc(O)cc1. The van der Waals surface area contributed by atoms with Crippen molar-refractivity contribution >= 4 is 17.5 Å². The summed E-state index contributed by atoms with van der Waals surface area (Å²) in [6, 6.07) is 11.4. The standard InChI is InChI=1S/C24H24O7/c1-23(2)11-10-16-12-14(4-9-18(16)30-23)13-24(22(28)29-3)19(20(26)21(27)31-24)15-5-7-17(25)8-6-15/h4-9,12,25-26H,10-11,13H2,1-3H3. The number of benzene rings is 2. The minimum Gasteiger partial charge on any atom is -0.508 e. The fourth-order valence-corrected chi connectivity index (χ4v) is 4.16. The van der Waals surface area contributed by atoms with Crippen molar-refractivity contribution < 1.29 is 34.0 Å². The van der Waals surface area contributed by atoms with E-state index >= 15 is 0 Å². The number of cyclic esters (lactones) is 1. The van der Waals surface area contributed by atoms with Crippen molar-refractivity contribution in [2.75, 3.05) is 7.11 Å². The number of hydrogen-bond donors (Lipinski definition) is 2. The molecule has 0 fully saturated rings. The highest BCUT2D eigenvalue weighted by Crippen LogP contribution is 2.43. The van der Waals surface area contributed by atoms with Crippen LogP contribution >= 0.6 is 0 Å². The molecule has 0 aliphatic carbocycles. The quantitative estimate of drug-likeness (QED) is 0.725. The molecule has 31 heavy (non-hydrogen) atoms. The molecule has 2 heterocycles. The van der Waals surface area contributed by atoms with Crippen LogP contribution in [0.4, 0.5) is 0 Å². The number of carbonyl (C=O) groups excluding carboxylic acids is 2. The first-order chi connectivity index (χ1) is 14.6. The third-order valence-electron chi connectivity index (χ3n) is 5.73. The van der Waals surface area contributed by atoms with Gasteiger partial charge in [-0.1, -0.05) is 24.3 Å². The van der Waals surface area contributed by atoms with Gasteiger partial charge in [0.15, 0.2) is 0 Å². The lowest BCUT2D eigenvalue weighted by atomic mass is 9.82. The molecule has 0 spiro atoms. The van der Waals surface area contributed by atoms with Crippen LogP contribution in [0.2, 0.25) is 0 Å². The molecule has 0 saturated carbocycles. The number of phenolic OH excluding ortho intramolecular Hbond substituents is 1. The lowest BCUT2D eigenvalue weighted by molar-refractivity contribution is -0.169. The number of aliphatic hydroxyl groups is 1. The Labute approximate surface area is 179 Å². The van der Waals surface area contributed by atoms with Crippen molar-refractivity contribution in [3.8, 4) is 11.5 Å². The highest BCUT2D eigenvalue weighted by atomic mass is 16.6. The summed E-state index contributed by atoms with van der Waals surface area (Å²) in [5.74, 6) is -1.67. The molecular weight excluding hydrogens is 400 g/mol. The molecule has 0 amide bonds. The Hall–Kier alpha value is -3.48. The summed E-state index contributed by atoms with van der Waals surface area (Å²) in [4.78, 5) is 25.3. The van der Waals surface area contributed by atoms with E-state index in [2.05, 4.69) is 0 Å². The van der Waals surface area contributed by atoms with E-state index in [0.717, 1.165) is 29.7 Å². The minimum absolute atomic E-state index is 0.00959. The summed E-state index contributed by atoms with van der Waals surface area (Å²) in [6.07, 6.45) is 1.63. The van der Waals surface area contributed by atoms with Gasteiger partial charge in [-0.25, -0.2) is 9.59 Å². The van der Waals surface area contributed by atoms with E-state index < -0.39 is 23.3 Å². The number of rotatable bonds is 4. The number of esters is 2. The average molecular weight is 424 g/mol. The number of methoxy groups -OCH3 is 1. The molecule has 1 atom stereocenters. The Morgan fingerprint density at radius 1 is 1.10 bits per heavy atom. The fraction of sp³-hybridized carbons (Fsp3) is 0.333. The second-order valence-corrected chi connectivity index (χ2v) is 8.46. The Kier molecular flexibility index (Phi) is 4.92. The molecule has 0 radical (unpaired) electrons. The predicted molar refractivity (Wildman–Crippen MR) is 112 cm³/mol. The maximum absolute atomic E-state index is 12.9. The van der Waals surface area contributed by atoms with Crippen LogP contribution in [0.3, 0.4) is 0 Å². The number of phenols is 1. The van der Waals surface area contributed by atoms with Gasteiger partial charge >= 0.3 is 11.9 Å². The van der Waals surface area contributed by atoms with Gasteiger partial charge in [0, 0.05) is 6.42 Å². The Balaban J connectivity index is 1.78. The predicted octanol–water partition coefficient (Wildman–Crippen LogP) is 3.48. The zero-order valence-corrected chi connectivity index (χ0v) is 17.6. The Morgan fingerprint density at radius 3 is 2.48 bits per heavy atom. The summed E-state index contributed by atoms with van der Waals surface area (Å²) >= 11 is 0. The minimum atomic E-state index is -1.85. The second kappa shape index (κ2) is 7.34.